The van der Waals surface area contributed by atoms with E-state index in [1.54, 1.807) is 6.07 Å². The minimum atomic E-state index is -0.447. The number of aromatic nitrogens is 2. The lowest BCUT2D eigenvalue weighted by Crippen LogP contribution is -2.13. The molecular weight excluding hydrogens is 275 g/mol. The van der Waals surface area contributed by atoms with Gasteiger partial charge in [0.05, 0.1) is 16.8 Å². The summed E-state index contributed by atoms with van der Waals surface area (Å²) < 4.78 is 0. The van der Waals surface area contributed by atoms with Gasteiger partial charge in [-0.05, 0) is 18.2 Å². The molecular formula is C11H6Cl2N4O. The molecule has 0 atom stereocenters. The highest BCUT2D eigenvalue weighted by Crippen LogP contribution is 2.22. The summed E-state index contributed by atoms with van der Waals surface area (Å²) in [7, 11) is 0. The Bertz CT molecular complexity index is 645. The number of benzene rings is 1. The first-order chi connectivity index (χ1) is 8.61. The van der Waals surface area contributed by atoms with Gasteiger partial charge in [-0.2, -0.15) is 10.4 Å². The molecule has 0 bridgehead atoms. The third kappa shape index (κ3) is 2.45. The van der Waals surface area contributed by atoms with E-state index in [0.717, 1.165) is 0 Å². The van der Waals surface area contributed by atoms with Crippen molar-refractivity contribution in [1.82, 2.24) is 10.2 Å². The monoisotopic (exact) mass is 280 g/mol. The Labute approximate surface area is 112 Å². The molecule has 2 rings (SSSR count). The van der Waals surface area contributed by atoms with E-state index in [1.165, 1.54) is 18.3 Å². The third-order valence-electron chi connectivity index (χ3n) is 2.17. The summed E-state index contributed by atoms with van der Waals surface area (Å²) in [6.07, 6.45) is 1.32. The number of aromatic amines is 1. The molecule has 2 aromatic rings. The van der Waals surface area contributed by atoms with Crippen molar-refractivity contribution in [3.8, 4) is 6.07 Å². The van der Waals surface area contributed by atoms with Crippen molar-refractivity contribution < 1.29 is 4.79 Å². The van der Waals surface area contributed by atoms with Crippen LogP contribution in [0.4, 0.5) is 5.82 Å². The molecule has 0 saturated carbocycles. The van der Waals surface area contributed by atoms with Crippen LogP contribution in [0.3, 0.4) is 0 Å². The molecule has 0 unspecified atom stereocenters. The Balaban J connectivity index is 2.25. The number of nitrogens with one attached hydrogen (secondary N) is 2. The van der Waals surface area contributed by atoms with Crippen LogP contribution in [0.2, 0.25) is 10.0 Å². The van der Waals surface area contributed by atoms with Gasteiger partial charge in [0.25, 0.3) is 5.91 Å². The Morgan fingerprint density at radius 1 is 1.44 bits per heavy atom. The minimum absolute atomic E-state index is 0.230. The Kier molecular flexibility index (Phi) is 3.51. The fraction of sp³-hybridized carbons (Fsp3) is 0. The predicted octanol–water partition coefficient (Wildman–Crippen LogP) is 2.84. The molecule has 1 amide bonds. The lowest BCUT2D eigenvalue weighted by Gasteiger charge is -2.05. The number of carbonyl (C=O) groups excluding carboxylic acids is 1. The van der Waals surface area contributed by atoms with Crippen LogP contribution in [0.1, 0.15) is 15.9 Å². The number of amides is 1. The van der Waals surface area contributed by atoms with Crippen LogP contribution in [-0.2, 0) is 0 Å². The number of nitriles is 1. The summed E-state index contributed by atoms with van der Waals surface area (Å²) in [5.41, 5.74) is 0.507. The van der Waals surface area contributed by atoms with Crippen molar-refractivity contribution in [3.05, 3.63) is 45.6 Å². The second-order valence-electron chi connectivity index (χ2n) is 3.35. The predicted molar refractivity (Wildman–Crippen MR) is 67.7 cm³/mol. The zero-order chi connectivity index (χ0) is 13.1. The average Bonchev–Trinajstić information content (AvgIpc) is 2.76. The van der Waals surface area contributed by atoms with Crippen LogP contribution in [0.15, 0.2) is 24.4 Å². The summed E-state index contributed by atoms with van der Waals surface area (Å²) in [6, 6.07) is 6.42. The van der Waals surface area contributed by atoms with Crippen molar-refractivity contribution >= 4 is 34.9 Å². The van der Waals surface area contributed by atoms with Crippen LogP contribution in [-0.4, -0.2) is 16.1 Å². The average molecular weight is 281 g/mol. The smallest absolute Gasteiger partial charge is 0.258 e. The molecule has 1 aromatic carbocycles. The summed E-state index contributed by atoms with van der Waals surface area (Å²) in [4.78, 5) is 11.9. The maximum absolute atomic E-state index is 11.9. The molecule has 2 N–H and O–H groups in total. The summed E-state index contributed by atoms with van der Waals surface area (Å²) in [6.45, 7) is 0. The van der Waals surface area contributed by atoms with Gasteiger partial charge < -0.3 is 5.32 Å². The van der Waals surface area contributed by atoms with Gasteiger partial charge >= 0.3 is 0 Å². The SMILES string of the molecule is N#Cc1cn[nH]c1NC(=O)c1ccc(Cl)cc1Cl. The highest BCUT2D eigenvalue weighted by atomic mass is 35.5. The first-order valence-corrected chi connectivity index (χ1v) is 5.57. The lowest BCUT2D eigenvalue weighted by atomic mass is 10.2. The quantitative estimate of drug-likeness (QED) is 0.888. The number of halogens is 2. The molecule has 0 aliphatic rings. The van der Waals surface area contributed by atoms with Gasteiger partial charge in [0.15, 0.2) is 0 Å². The van der Waals surface area contributed by atoms with E-state index < -0.39 is 5.91 Å². The number of nitrogens with zero attached hydrogens (tertiary/aromatic N) is 2. The van der Waals surface area contributed by atoms with Gasteiger partial charge in [-0.15, -0.1) is 0 Å². The maximum atomic E-state index is 11.9. The number of hydrogen-bond donors (Lipinski definition) is 2. The Morgan fingerprint density at radius 3 is 2.89 bits per heavy atom. The Morgan fingerprint density at radius 2 is 2.22 bits per heavy atom. The molecule has 7 heteroatoms. The molecule has 0 aliphatic heterocycles. The number of carbonyl (C=O) groups is 1. The fourth-order valence-corrected chi connectivity index (χ4v) is 1.82. The number of anilines is 1. The highest BCUT2D eigenvalue weighted by Gasteiger charge is 2.13. The normalized spacial score (nSPS) is 9.83. The molecule has 0 spiro atoms. The van der Waals surface area contributed by atoms with Gasteiger partial charge in [-0.25, -0.2) is 0 Å². The van der Waals surface area contributed by atoms with Crippen molar-refractivity contribution in [2.24, 2.45) is 0 Å². The van der Waals surface area contributed by atoms with Gasteiger partial charge in [0.2, 0.25) is 0 Å². The highest BCUT2D eigenvalue weighted by molar-refractivity contribution is 6.37. The zero-order valence-electron chi connectivity index (χ0n) is 8.87. The van der Waals surface area contributed by atoms with E-state index in [1.807, 2.05) is 6.07 Å². The molecule has 18 heavy (non-hydrogen) atoms. The standard InChI is InChI=1S/C11H6Cl2N4O/c12-7-1-2-8(9(13)3-7)11(18)16-10-6(4-14)5-15-17-10/h1-3,5H,(H2,15,16,17,18). The molecule has 0 radical (unpaired) electrons. The first-order valence-electron chi connectivity index (χ1n) is 4.81. The fourth-order valence-electron chi connectivity index (χ4n) is 1.32. The zero-order valence-corrected chi connectivity index (χ0v) is 10.4. The number of H-pyrrole nitrogens is 1. The summed E-state index contributed by atoms with van der Waals surface area (Å²) in [5.74, 6) is -0.217. The van der Waals surface area contributed by atoms with Crippen LogP contribution in [0.25, 0.3) is 0 Å². The largest absolute Gasteiger partial charge is 0.306 e. The molecule has 0 aliphatic carbocycles. The molecule has 0 saturated heterocycles. The van der Waals surface area contributed by atoms with Gasteiger partial charge in [-0.3, -0.25) is 9.89 Å². The first kappa shape index (κ1) is 12.4. The maximum Gasteiger partial charge on any atom is 0.258 e. The molecule has 1 aromatic heterocycles. The topological polar surface area (TPSA) is 81.6 Å². The molecule has 90 valence electrons. The van der Waals surface area contributed by atoms with Crippen LogP contribution in [0, 0.1) is 11.3 Å². The van der Waals surface area contributed by atoms with E-state index in [4.69, 9.17) is 28.5 Å². The van der Waals surface area contributed by atoms with Crippen molar-refractivity contribution in [3.63, 3.8) is 0 Å². The van der Waals surface area contributed by atoms with E-state index in [9.17, 15) is 4.79 Å². The van der Waals surface area contributed by atoms with Gasteiger partial charge in [0.1, 0.15) is 17.5 Å². The Hall–Kier alpha value is -2.03. The summed E-state index contributed by atoms with van der Waals surface area (Å²) in [5, 5.41) is 18.1. The van der Waals surface area contributed by atoms with E-state index in [-0.39, 0.29) is 22.0 Å². The number of hydrogen-bond acceptors (Lipinski definition) is 3. The minimum Gasteiger partial charge on any atom is -0.306 e. The molecule has 1 heterocycles. The van der Waals surface area contributed by atoms with Crippen molar-refractivity contribution in [2.75, 3.05) is 5.32 Å². The van der Waals surface area contributed by atoms with Crippen LogP contribution in [0.5, 0.6) is 0 Å². The van der Waals surface area contributed by atoms with Crippen LogP contribution < -0.4 is 5.32 Å². The van der Waals surface area contributed by atoms with Crippen molar-refractivity contribution in [2.45, 2.75) is 0 Å². The van der Waals surface area contributed by atoms with E-state index in [0.29, 0.717) is 5.02 Å². The summed E-state index contributed by atoms with van der Waals surface area (Å²) >= 11 is 11.6. The number of rotatable bonds is 2. The van der Waals surface area contributed by atoms with E-state index in [2.05, 4.69) is 15.5 Å². The van der Waals surface area contributed by atoms with Crippen molar-refractivity contribution in [1.29, 1.82) is 5.26 Å². The van der Waals surface area contributed by atoms with E-state index >= 15 is 0 Å². The lowest BCUT2D eigenvalue weighted by molar-refractivity contribution is 0.102. The van der Waals surface area contributed by atoms with Crippen LogP contribution >= 0.6 is 23.2 Å². The van der Waals surface area contributed by atoms with Gasteiger partial charge in [-0.1, -0.05) is 23.2 Å². The second kappa shape index (κ2) is 5.08. The second-order valence-corrected chi connectivity index (χ2v) is 4.19. The molecule has 0 fully saturated rings. The molecule has 5 nitrogen and oxygen atoms in total. The van der Waals surface area contributed by atoms with Gasteiger partial charge in [0, 0.05) is 5.02 Å². The third-order valence-corrected chi connectivity index (χ3v) is 2.72.